The van der Waals surface area contributed by atoms with E-state index < -0.39 is 5.97 Å². The standard InChI is InChI=1S/C14H11Br2NO4/c1-20-11-5-9(16)12(6-8(11)15)21-13-7(14(18)19)3-2-4-10(13)17/h2-6H,17H2,1H3,(H,18,19). The molecule has 0 atom stereocenters. The summed E-state index contributed by atoms with van der Waals surface area (Å²) in [5.74, 6) is 0.0283. The maximum atomic E-state index is 11.2. The van der Waals surface area contributed by atoms with Crippen LogP contribution in [0.5, 0.6) is 17.2 Å². The van der Waals surface area contributed by atoms with Gasteiger partial charge in [0.25, 0.3) is 0 Å². The molecule has 0 bridgehead atoms. The number of anilines is 1. The molecule has 0 fully saturated rings. The number of methoxy groups -OCH3 is 1. The van der Waals surface area contributed by atoms with E-state index >= 15 is 0 Å². The van der Waals surface area contributed by atoms with Gasteiger partial charge >= 0.3 is 5.97 Å². The molecule has 0 unspecified atom stereocenters. The average molecular weight is 417 g/mol. The van der Waals surface area contributed by atoms with E-state index in [2.05, 4.69) is 31.9 Å². The second-order valence-electron chi connectivity index (χ2n) is 4.05. The highest BCUT2D eigenvalue weighted by atomic mass is 79.9. The molecule has 0 aromatic heterocycles. The lowest BCUT2D eigenvalue weighted by Gasteiger charge is -2.14. The Morgan fingerprint density at radius 3 is 2.43 bits per heavy atom. The van der Waals surface area contributed by atoms with Crippen LogP contribution in [0.15, 0.2) is 39.3 Å². The van der Waals surface area contributed by atoms with E-state index in [0.717, 1.165) is 0 Å². The summed E-state index contributed by atoms with van der Waals surface area (Å²) in [6.45, 7) is 0. The van der Waals surface area contributed by atoms with Gasteiger partial charge in [-0.1, -0.05) is 6.07 Å². The Morgan fingerprint density at radius 2 is 1.81 bits per heavy atom. The number of nitrogen functional groups attached to an aromatic ring is 1. The highest BCUT2D eigenvalue weighted by molar-refractivity contribution is 9.11. The minimum Gasteiger partial charge on any atom is -0.496 e. The van der Waals surface area contributed by atoms with Gasteiger partial charge in [0.15, 0.2) is 5.75 Å². The number of hydrogen-bond donors (Lipinski definition) is 2. The van der Waals surface area contributed by atoms with Crippen molar-refractivity contribution in [2.24, 2.45) is 0 Å². The lowest BCUT2D eigenvalue weighted by Crippen LogP contribution is -2.03. The fraction of sp³-hybridized carbons (Fsp3) is 0.0714. The Balaban J connectivity index is 2.48. The predicted molar refractivity (Wildman–Crippen MR) is 86.3 cm³/mol. The molecule has 0 aliphatic carbocycles. The minimum atomic E-state index is -1.11. The molecular weight excluding hydrogens is 406 g/mol. The van der Waals surface area contributed by atoms with Crippen molar-refractivity contribution in [1.29, 1.82) is 0 Å². The first-order valence-electron chi connectivity index (χ1n) is 5.76. The van der Waals surface area contributed by atoms with Gasteiger partial charge < -0.3 is 20.3 Å². The van der Waals surface area contributed by atoms with E-state index in [9.17, 15) is 9.90 Å². The first kappa shape index (κ1) is 15.7. The van der Waals surface area contributed by atoms with E-state index in [0.29, 0.717) is 20.4 Å². The summed E-state index contributed by atoms with van der Waals surface area (Å²) in [7, 11) is 1.55. The van der Waals surface area contributed by atoms with Crippen LogP contribution in [0.4, 0.5) is 5.69 Å². The van der Waals surface area contributed by atoms with E-state index in [1.54, 1.807) is 31.4 Å². The Morgan fingerprint density at radius 1 is 1.19 bits per heavy atom. The Bertz CT molecular complexity index is 704. The monoisotopic (exact) mass is 415 g/mol. The molecule has 3 N–H and O–H groups in total. The van der Waals surface area contributed by atoms with Crippen LogP contribution in [0.25, 0.3) is 0 Å². The molecule has 0 saturated heterocycles. The topological polar surface area (TPSA) is 81.8 Å². The largest absolute Gasteiger partial charge is 0.496 e. The van der Waals surface area contributed by atoms with E-state index in [1.165, 1.54) is 6.07 Å². The zero-order chi connectivity index (χ0) is 15.6. The van der Waals surface area contributed by atoms with Gasteiger partial charge in [0, 0.05) is 0 Å². The highest BCUT2D eigenvalue weighted by Gasteiger charge is 2.17. The van der Waals surface area contributed by atoms with Gasteiger partial charge in [0.05, 0.1) is 21.7 Å². The second-order valence-corrected chi connectivity index (χ2v) is 5.76. The van der Waals surface area contributed by atoms with Gasteiger partial charge in [-0.15, -0.1) is 0 Å². The molecule has 2 aromatic rings. The molecular formula is C14H11Br2NO4. The third-order valence-corrected chi connectivity index (χ3v) is 3.93. The minimum absolute atomic E-state index is 0.00570. The van der Waals surface area contributed by atoms with Gasteiger partial charge in [-0.3, -0.25) is 0 Å². The van der Waals surface area contributed by atoms with Crippen LogP contribution in [0.2, 0.25) is 0 Å². The molecule has 0 amide bonds. The molecule has 2 aromatic carbocycles. The Labute approximate surface area is 137 Å². The molecule has 0 radical (unpaired) electrons. The highest BCUT2D eigenvalue weighted by Crippen LogP contribution is 2.40. The van der Waals surface area contributed by atoms with Crippen molar-refractivity contribution in [2.45, 2.75) is 0 Å². The zero-order valence-corrected chi connectivity index (χ0v) is 14.1. The second kappa shape index (κ2) is 6.36. The molecule has 2 rings (SSSR count). The van der Waals surface area contributed by atoms with Crippen LogP contribution >= 0.6 is 31.9 Å². The number of aromatic carboxylic acids is 1. The number of para-hydroxylation sites is 1. The number of rotatable bonds is 4. The summed E-state index contributed by atoms with van der Waals surface area (Å²) in [5, 5.41) is 9.20. The first-order valence-corrected chi connectivity index (χ1v) is 7.35. The maximum Gasteiger partial charge on any atom is 0.339 e. The van der Waals surface area contributed by atoms with Gasteiger partial charge in [-0.25, -0.2) is 4.79 Å². The van der Waals surface area contributed by atoms with E-state index in [1.807, 2.05) is 0 Å². The van der Waals surface area contributed by atoms with Crippen LogP contribution in [0, 0.1) is 0 Å². The number of carbonyl (C=O) groups is 1. The van der Waals surface area contributed by atoms with Crippen molar-refractivity contribution in [3.8, 4) is 17.2 Å². The van der Waals surface area contributed by atoms with Crippen LogP contribution in [0.1, 0.15) is 10.4 Å². The smallest absolute Gasteiger partial charge is 0.339 e. The van der Waals surface area contributed by atoms with E-state index in [4.69, 9.17) is 15.2 Å². The number of nitrogens with two attached hydrogens (primary N) is 1. The molecule has 5 nitrogen and oxygen atoms in total. The number of hydrogen-bond acceptors (Lipinski definition) is 4. The molecule has 0 saturated carbocycles. The molecule has 0 spiro atoms. The van der Waals surface area contributed by atoms with Crippen molar-refractivity contribution in [2.75, 3.05) is 12.8 Å². The zero-order valence-electron chi connectivity index (χ0n) is 10.9. The van der Waals surface area contributed by atoms with Crippen molar-refractivity contribution < 1.29 is 19.4 Å². The van der Waals surface area contributed by atoms with Gasteiger partial charge in [0.1, 0.15) is 17.1 Å². The number of halogens is 2. The molecule has 0 heterocycles. The Hall–Kier alpha value is -1.73. The normalized spacial score (nSPS) is 10.2. The van der Waals surface area contributed by atoms with Crippen LogP contribution in [0.3, 0.4) is 0 Å². The SMILES string of the molecule is COc1cc(Br)c(Oc2c(N)cccc2C(=O)O)cc1Br. The predicted octanol–water partition coefficient (Wildman–Crippen LogP) is 4.29. The summed E-state index contributed by atoms with van der Waals surface area (Å²) < 4.78 is 12.1. The Kier molecular flexibility index (Phi) is 4.74. The summed E-state index contributed by atoms with van der Waals surface area (Å²) in [5.41, 5.74) is 6.05. The summed E-state index contributed by atoms with van der Waals surface area (Å²) >= 11 is 6.70. The molecule has 110 valence electrons. The summed E-state index contributed by atoms with van der Waals surface area (Å²) in [6.07, 6.45) is 0. The third-order valence-electron chi connectivity index (χ3n) is 2.69. The third kappa shape index (κ3) is 3.30. The molecule has 7 heteroatoms. The lowest BCUT2D eigenvalue weighted by atomic mass is 10.1. The number of ether oxygens (including phenoxy) is 2. The maximum absolute atomic E-state index is 11.2. The quantitative estimate of drug-likeness (QED) is 0.726. The number of carboxylic acid groups (broad SMARTS) is 1. The van der Waals surface area contributed by atoms with Crippen molar-refractivity contribution in [1.82, 2.24) is 0 Å². The summed E-state index contributed by atoms with van der Waals surface area (Å²) in [6, 6.07) is 7.94. The van der Waals surface area contributed by atoms with Gasteiger partial charge in [-0.05, 0) is 56.1 Å². The fourth-order valence-corrected chi connectivity index (χ4v) is 2.58. The van der Waals surface area contributed by atoms with Crippen LogP contribution < -0.4 is 15.2 Å². The van der Waals surface area contributed by atoms with Crippen molar-refractivity contribution in [3.63, 3.8) is 0 Å². The van der Waals surface area contributed by atoms with Crippen molar-refractivity contribution >= 4 is 43.5 Å². The van der Waals surface area contributed by atoms with Gasteiger partial charge in [-0.2, -0.15) is 0 Å². The molecule has 0 aliphatic rings. The molecule has 21 heavy (non-hydrogen) atoms. The molecule has 0 aliphatic heterocycles. The summed E-state index contributed by atoms with van der Waals surface area (Å²) in [4.78, 5) is 11.2. The number of carboxylic acids is 1. The first-order chi connectivity index (χ1) is 9.93. The van der Waals surface area contributed by atoms with Crippen molar-refractivity contribution in [3.05, 3.63) is 44.8 Å². The van der Waals surface area contributed by atoms with Crippen LogP contribution in [-0.2, 0) is 0 Å². The average Bonchev–Trinajstić information content (AvgIpc) is 2.44. The number of benzene rings is 2. The van der Waals surface area contributed by atoms with E-state index in [-0.39, 0.29) is 17.0 Å². The lowest BCUT2D eigenvalue weighted by molar-refractivity contribution is 0.0694. The van der Waals surface area contributed by atoms with Gasteiger partial charge in [0.2, 0.25) is 0 Å². The fourth-order valence-electron chi connectivity index (χ4n) is 1.69. The van der Waals surface area contributed by atoms with Crippen LogP contribution in [-0.4, -0.2) is 18.2 Å².